The van der Waals surface area contributed by atoms with Crippen molar-refractivity contribution in [2.24, 2.45) is 10.9 Å². The summed E-state index contributed by atoms with van der Waals surface area (Å²) in [6.45, 7) is 4.19. The third-order valence-electron chi connectivity index (χ3n) is 6.76. The first kappa shape index (κ1) is 32.6. The van der Waals surface area contributed by atoms with Crippen LogP contribution in [0.2, 0.25) is 0 Å². The molecular weight excluding hydrogens is 548 g/mol. The first-order chi connectivity index (χ1) is 20.1. The van der Waals surface area contributed by atoms with Gasteiger partial charge in [-0.15, -0.1) is 0 Å². The number of nitrogens with zero attached hydrogens (tertiary/aromatic N) is 1. The molecule has 0 bridgehead atoms. The van der Waals surface area contributed by atoms with E-state index in [9.17, 15) is 14.4 Å². The van der Waals surface area contributed by atoms with E-state index in [1.807, 2.05) is 11.8 Å². The van der Waals surface area contributed by atoms with Gasteiger partial charge in [0.1, 0.15) is 0 Å². The van der Waals surface area contributed by atoms with Gasteiger partial charge in [-0.25, -0.2) is 4.79 Å². The van der Waals surface area contributed by atoms with Crippen molar-refractivity contribution < 1.29 is 28.6 Å². The zero-order valence-electron chi connectivity index (χ0n) is 23.6. The molecule has 12 nitrogen and oxygen atoms in total. The second-order valence-corrected chi connectivity index (χ2v) is 11.2. The van der Waals surface area contributed by atoms with Gasteiger partial charge in [-0.3, -0.25) is 9.59 Å². The molecule has 2 aliphatic heterocycles. The highest BCUT2D eigenvalue weighted by Crippen LogP contribution is 2.33. The zero-order valence-corrected chi connectivity index (χ0v) is 24.4. The minimum atomic E-state index is -0.129. The predicted octanol–water partition coefficient (Wildman–Crippen LogP) is 1.38. The average molecular weight is 593 g/mol. The summed E-state index contributed by atoms with van der Waals surface area (Å²) in [5.74, 6) is 6.03. The van der Waals surface area contributed by atoms with E-state index < -0.39 is 0 Å². The van der Waals surface area contributed by atoms with Crippen molar-refractivity contribution in [2.45, 2.75) is 55.9 Å². The van der Waals surface area contributed by atoms with Crippen LogP contribution in [0.3, 0.4) is 0 Å². The topological polar surface area (TPSA) is 165 Å². The third-order valence-corrected chi connectivity index (χ3v) is 8.27. The second kappa shape index (κ2) is 19.3. The van der Waals surface area contributed by atoms with Gasteiger partial charge in [0, 0.05) is 49.3 Å². The lowest BCUT2D eigenvalue weighted by Crippen LogP contribution is -2.36. The zero-order chi connectivity index (χ0) is 29.1. The molecule has 1 aromatic rings. The van der Waals surface area contributed by atoms with Gasteiger partial charge >= 0.3 is 6.03 Å². The van der Waals surface area contributed by atoms with Crippen LogP contribution in [0, 0.1) is 0 Å². The van der Waals surface area contributed by atoms with Gasteiger partial charge in [-0.1, -0.05) is 18.6 Å². The number of rotatable bonds is 21. The average Bonchev–Trinajstić information content (AvgIpc) is 3.52. The van der Waals surface area contributed by atoms with Crippen molar-refractivity contribution in [1.82, 2.24) is 21.3 Å². The maximum absolute atomic E-state index is 12.1. The van der Waals surface area contributed by atoms with E-state index in [1.54, 1.807) is 24.3 Å². The molecule has 228 valence electrons. The monoisotopic (exact) mass is 592 g/mol. The SMILES string of the molecule is N/N=C/c1ccc(C(=O)NCCCOCCOCCOCCCNC(=O)CCCCC2SC[C@@H]3NC(=O)N[C@H]23)cc1. The Morgan fingerprint density at radius 2 is 1.59 bits per heavy atom. The lowest BCUT2D eigenvalue weighted by Gasteiger charge is -2.16. The van der Waals surface area contributed by atoms with Crippen LogP contribution >= 0.6 is 11.8 Å². The molecule has 41 heavy (non-hydrogen) atoms. The fourth-order valence-electron chi connectivity index (χ4n) is 4.59. The van der Waals surface area contributed by atoms with E-state index in [0.29, 0.717) is 76.4 Å². The Kier molecular flexibility index (Phi) is 15.4. The smallest absolute Gasteiger partial charge is 0.315 e. The van der Waals surface area contributed by atoms with Crippen molar-refractivity contribution in [1.29, 1.82) is 0 Å². The molecule has 0 radical (unpaired) electrons. The quantitative estimate of drug-likeness (QED) is 0.0470. The van der Waals surface area contributed by atoms with Gasteiger partial charge in [-0.2, -0.15) is 16.9 Å². The summed E-state index contributed by atoms with van der Waals surface area (Å²) in [5, 5.41) is 15.7. The van der Waals surface area contributed by atoms with Crippen molar-refractivity contribution in [3.8, 4) is 0 Å². The van der Waals surface area contributed by atoms with Crippen molar-refractivity contribution >= 4 is 35.8 Å². The lowest BCUT2D eigenvalue weighted by molar-refractivity contribution is -0.121. The maximum Gasteiger partial charge on any atom is 0.315 e. The molecule has 0 aliphatic carbocycles. The lowest BCUT2D eigenvalue weighted by atomic mass is 10.0. The van der Waals surface area contributed by atoms with Crippen molar-refractivity contribution in [3.63, 3.8) is 0 Å². The Morgan fingerprint density at radius 1 is 0.927 bits per heavy atom. The van der Waals surface area contributed by atoms with E-state index in [0.717, 1.165) is 37.0 Å². The second-order valence-electron chi connectivity index (χ2n) is 9.92. The number of carbonyl (C=O) groups excluding carboxylic acids is 3. The number of thioether (sulfide) groups is 1. The number of hydrazone groups is 1. The maximum atomic E-state index is 12.1. The number of ether oxygens (including phenoxy) is 3. The van der Waals surface area contributed by atoms with Crippen molar-refractivity contribution in [2.75, 3.05) is 58.5 Å². The predicted molar refractivity (Wildman–Crippen MR) is 159 cm³/mol. The van der Waals surface area contributed by atoms with Gasteiger partial charge in [-0.05, 0) is 43.4 Å². The normalized spacial score (nSPS) is 19.6. The molecule has 2 aliphatic rings. The summed E-state index contributed by atoms with van der Waals surface area (Å²) in [6.07, 6.45) is 6.38. The Hall–Kier alpha value is -2.87. The molecule has 3 rings (SSSR count). The summed E-state index contributed by atoms with van der Waals surface area (Å²) in [4.78, 5) is 35.6. The van der Waals surface area contributed by atoms with Crippen LogP contribution in [0.1, 0.15) is 54.4 Å². The standard InChI is InChI=1S/C28H44N6O6S/c29-32-19-21-7-9-22(10-8-21)27(36)31-12-4-14-39-16-18-40-17-15-38-13-3-11-30-25(35)6-2-1-5-24-26-23(20-41-24)33-28(37)34-26/h7-10,19,23-24,26H,1-6,11-18,20,29H2,(H,30,35)(H,31,36)(H2,33,34,37)/b32-19+/t23-,24?,26-/m0/s1. The van der Waals surface area contributed by atoms with E-state index in [-0.39, 0.29) is 29.9 Å². The highest BCUT2D eigenvalue weighted by Gasteiger charge is 2.42. The van der Waals surface area contributed by atoms with E-state index >= 15 is 0 Å². The van der Waals surface area contributed by atoms with Crippen LogP contribution in [0.5, 0.6) is 0 Å². The molecule has 0 saturated carbocycles. The minimum absolute atomic E-state index is 0.0575. The number of carbonyl (C=O) groups is 3. The Bertz CT molecular complexity index is 966. The number of nitrogens with one attached hydrogen (secondary N) is 4. The molecule has 1 unspecified atom stereocenters. The molecular formula is C28H44N6O6S. The fourth-order valence-corrected chi connectivity index (χ4v) is 6.13. The number of hydrogen-bond donors (Lipinski definition) is 5. The van der Waals surface area contributed by atoms with Gasteiger partial charge in [0.05, 0.1) is 44.7 Å². The van der Waals surface area contributed by atoms with E-state index in [2.05, 4.69) is 26.4 Å². The number of urea groups is 1. The molecule has 2 fully saturated rings. The summed E-state index contributed by atoms with van der Waals surface area (Å²) in [6, 6.07) is 7.45. The Labute approximate surface area is 246 Å². The highest BCUT2D eigenvalue weighted by molar-refractivity contribution is 8.00. The number of benzene rings is 1. The van der Waals surface area contributed by atoms with Gasteiger partial charge in [0.15, 0.2) is 0 Å². The molecule has 2 saturated heterocycles. The summed E-state index contributed by atoms with van der Waals surface area (Å²) < 4.78 is 16.6. The van der Waals surface area contributed by atoms with Crippen LogP contribution in [0.25, 0.3) is 0 Å². The summed E-state index contributed by atoms with van der Waals surface area (Å²) in [5.41, 5.74) is 1.42. The minimum Gasteiger partial charge on any atom is -0.379 e. The van der Waals surface area contributed by atoms with Gasteiger partial charge in [0.25, 0.3) is 5.91 Å². The number of unbranched alkanes of at least 4 members (excludes halogenated alkanes) is 1. The van der Waals surface area contributed by atoms with Crippen LogP contribution in [0.15, 0.2) is 29.4 Å². The molecule has 4 amide bonds. The van der Waals surface area contributed by atoms with Crippen LogP contribution in [-0.4, -0.2) is 99.9 Å². The van der Waals surface area contributed by atoms with Crippen LogP contribution in [0.4, 0.5) is 4.79 Å². The van der Waals surface area contributed by atoms with Crippen LogP contribution in [-0.2, 0) is 19.0 Å². The van der Waals surface area contributed by atoms with Crippen molar-refractivity contribution in [3.05, 3.63) is 35.4 Å². The largest absolute Gasteiger partial charge is 0.379 e. The van der Waals surface area contributed by atoms with E-state index in [1.165, 1.54) is 6.21 Å². The number of amides is 4. The molecule has 13 heteroatoms. The molecule has 3 atom stereocenters. The fraction of sp³-hybridized carbons (Fsp3) is 0.643. The van der Waals surface area contributed by atoms with E-state index in [4.69, 9.17) is 20.1 Å². The Morgan fingerprint density at radius 3 is 2.27 bits per heavy atom. The highest BCUT2D eigenvalue weighted by atomic mass is 32.2. The number of fused-ring (bicyclic) bond motifs is 1. The number of hydrogen-bond acceptors (Lipinski definition) is 9. The third kappa shape index (κ3) is 12.7. The molecule has 6 N–H and O–H groups in total. The Balaban J connectivity index is 1.02. The van der Waals surface area contributed by atoms with Gasteiger partial charge < -0.3 is 41.3 Å². The summed E-state index contributed by atoms with van der Waals surface area (Å²) >= 11 is 1.91. The van der Waals surface area contributed by atoms with Gasteiger partial charge in [0.2, 0.25) is 5.91 Å². The number of nitrogens with two attached hydrogens (primary N) is 1. The molecule has 2 heterocycles. The first-order valence-corrected chi connectivity index (χ1v) is 15.4. The molecule has 0 aromatic heterocycles. The summed E-state index contributed by atoms with van der Waals surface area (Å²) in [7, 11) is 0. The first-order valence-electron chi connectivity index (χ1n) is 14.4. The molecule has 0 spiro atoms. The molecule has 1 aromatic carbocycles. The van der Waals surface area contributed by atoms with Crippen LogP contribution < -0.4 is 27.1 Å².